The normalized spacial score (nSPS) is 11.2. The van der Waals surface area contributed by atoms with Crippen molar-refractivity contribution in [1.82, 2.24) is 4.98 Å². The van der Waals surface area contributed by atoms with Gasteiger partial charge in [-0.05, 0) is 23.8 Å². The fourth-order valence-electron chi connectivity index (χ4n) is 1.73. The van der Waals surface area contributed by atoms with Crippen molar-refractivity contribution in [1.29, 1.82) is 0 Å². The third-order valence-corrected chi connectivity index (χ3v) is 3.72. The summed E-state index contributed by atoms with van der Waals surface area (Å²) in [5, 5.41) is 0. The Labute approximate surface area is 111 Å². The third-order valence-electron chi connectivity index (χ3n) is 2.61. The van der Waals surface area contributed by atoms with Gasteiger partial charge in [0.1, 0.15) is 5.69 Å². The zero-order valence-electron chi connectivity index (χ0n) is 10.2. The second kappa shape index (κ2) is 4.81. The van der Waals surface area contributed by atoms with E-state index < -0.39 is 15.7 Å². The van der Waals surface area contributed by atoms with Crippen LogP contribution in [-0.2, 0) is 9.84 Å². The fraction of sp³-hybridized carbons (Fsp3) is 0.0769. The molecule has 0 fully saturated rings. The topological polar surface area (TPSA) is 90.1 Å². The highest BCUT2D eigenvalue weighted by molar-refractivity contribution is 7.90. The quantitative estimate of drug-likeness (QED) is 0.913. The Balaban J connectivity index is 2.64. The molecule has 0 atom stereocenters. The van der Waals surface area contributed by atoms with Gasteiger partial charge in [0.2, 0.25) is 0 Å². The van der Waals surface area contributed by atoms with Gasteiger partial charge < -0.3 is 5.73 Å². The van der Waals surface area contributed by atoms with E-state index in [0.29, 0.717) is 11.1 Å². The molecular formula is C13H12N2O3S. The van der Waals surface area contributed by atoms with Crippen LogP contribution in [0.1, 0.15) is 10.5 Å². The van der Waals surface area contributed by atoms with Crippen molar-refractivity contribution in [2.24, 2.45) is 5.73 Å². The maximum absolute atomic E-state index is 11.5. The molecule has 1 aromatic heterocycles. The van der Waals surface area contributed by atoms with Crippen molar-refractivity contribution in [3.8, 4) is 11.1 Å². The minimum absolute atomic E-state index is 0.119. The van der Waals surface area contributed by atoms with Gasteiger partial charge in [0, 0.05) is 18.0 Å². The first kappa shape index (κ1) is 13.2. The minimum atomic E-state index is -3.30. The predicted octanol–water partition coefficient (Wildman–Crippen LogP) is 1.25. The molecule has 2 rings (SSSR count). The number of nitrogens with zero attached hydrogens (tertiary/aromatic N) is 1. The number of hydrogen-bond acceptors (Lipinski definition) is 4. The monoisotopic (exact) mass is 276 g/mol. The Morgan fingerprint density at radius 1 is 1.21 bits per heavy atom. The van der Waals surface area contributed by atoms with Crippen molar-refractivity contribution < 1.29 is 13.2 Å². The Morgan fingerprint density at radius 3 is 2.58 bits per heavy atom. The summed E-state index contributed by atoms with van der Waals surface area (Å²) in [6, 6.07) is 9.66. The van der Waals surface area contributed by atoms with Gasteiger partial charge in [-0.1, -0.05) is 18.2 Å². The van der Waals surface area contributed by atoms with Gasteiger partial charge in [-0.15, -0.1) is 0 Å². The van der Waals surface area contributed by atoms with Crippen LogP contribution >= 0.6 is 0 Å². The Morgan fingerprint density at radius 2 is 1.95 bits per heavy atom. The number of carbonyl (C=O) groups excluding carboxylic acids is 1. The van der Waals surface area contributed by atoms with E-state index in [4.69, 9.17) is 5.73 Å². The van der Waals surface area contributed by atoms with E-state index in [0.717, 1.165) is 6.26 Å². The van der Waals surface area contributed by atoms with Crippen LogP contribution in [0.5, 0.6) is 0 Å². The molecule has 2 aromatic rings. The Bertz CT molecular complexity index is 739. The van der Waals surface area contributed by atoms with Crippen LogP contribution in [0.15, 0.2) is 47.5 Å². The number of primary amides is 1. The van der Waals surface area contributed by atoms with Crippen LogP contribution in [0.4, 0.5) is 0 Å². The first-order chi connectivity index (χ1) is 8.89. The molecule has 0 aliphatic heterocycles. The van der Waals surface area contributed by atoms with E-state index in [1.54, 1.807) is 24.3 Å². The van der Waals surface area contributed by atoms with Crippen LogP contribution in [0.25, 0.3) is 11.1 Å². The van der Waals surface area contributed by atoms with Crippen LogP contribution in [0.3, 0.4) is 0 Å². The Hall–Kier alpha value is -2.21. The molecule has 1 amide bonds. The molecule has 19 heavy (non-hydrogen) atoms. The lowest BCUT2D eigenvalue weighted by Crippen LogP contribution is -2.14. The molecule has 2 N–H and O–H groups in total. The lowest BCUT2D eigenvalue weighted by atomic mass is 10.0. The fourth-order valence-corrected chi connectivity index (χ4v) is 2.40. The molecule has 0 aliphatic carbocycles. The molecule has 0 saturated carbocycles. The van der Waals surface area contributed by atoms with Gasteiger partial charge in [-0.25, -0.2) is 8.42 Å². The van der Waals surface area contributed by atoms with Crippen LogP contribution < -0.4 is 5.73 Å². The summed E-state index contributed by atoms with van der Waals surface area (Å²) in [5.74, 6) is -0.652. The standard InChI is InChI=1S/C13H12N2O3S/c1-19(17,18)10-5-2-4-9(8-10)11-6-3-7-15-12(11)13(14)16/h2-8H,1H3,(H2,14,16). The second-order valence-corrected chi connectivity index (χ2v) is 6.08. The lowest BCUT2D eigenvalue weighted by Gasteiger charge is -2.07. The zero-order valence-corrected chi connectivity index (χ0v) is 11.0. The summed E-state index contributed by atoms with van der Waals surface area (Å²) in [6.45, 7) is 0. The number of rotatable bonds is 3. The summed E-state index contributed by atoms with van der Waals surface area (Å²) in [5.41, 5.74) is 6.48. The minimum Gasteiger partial charge on any atom is -0.364 e. The first-order valence-electron chi connectivity index (χ1n) is 5.45. The van der Waals surface area contributed by atoms with Gasteiger partial charge >= 0.3 is 0 Å². The zero-order chi connectivity index (χ0) is 14.0. The molecule has 1 heterocycles. The molecule has 5 nitrogen and oxygen atoms in total. The number of nitrogens with two attached hydrogens (primary N) is 1. The van der Waals surface area contributed by atoms with Crippen molar-refractivity contribution in [3.63, 3.8) is 0 Å². The number of hydrogen-bond donors (Lipinski definition) is 1. The molecule has 0 unspecified atom stereocenters. The van der Waals surface area contributed by atoms with E-state index >= 15 is 0 Å². The molecule has 98 valence electrons. The molecule has 0 aliphatic rings. The van der Waals surface area contributed by atoms with Crippen LogP contribution in [0, 0.1) is 0 Å². The summed E-state index contributed by atoms with van der Waals surface area (Å²) in [4.78, 5) is 15.4. The summed E-state index contributed by atoms with van der Waals surface area (Å²) < 4.78 is 23.1. The van der Waals surface area contributed by atoms with Crippen LogP contribution in [0.2, 0.25) is 0 Å². The van der Waals surface area contributed by atoms with Crippen LogP contribution in [-0.4, -0.2) is 25.6 Å². The molecule has 0 saturated heterocycles. The largest absolute Gasteiger partial charge is 0.364 e. The number of sulfone groups is 1. The Kier molecular flexibility index (Phi) is 3.35. The highest BCUT2D eigenvalue weighted by atomic mass is 32.2. The van der Waals surface area contributed by atoms with Gasteiger partial charge in [-0.3, -0.25) is 9.78 Å². The molecule has 6 heteroatoms. The van der Waals surface area contributed by atoms with E-state index in [-0.39, 0.29) is 10.6 Å². The molecule has 0 radical (unpaired) electrons. The highest BCUT2D eigenvalue weighted by Crippen LogP contribution is 2.24. The number of carbonyl (C=O) groups is 1. The molecular weight excluding hydrogens is 264 g/mol. The van der Waals surface area contributed by atoms with Gasteiger partial charge in [-0.2, -0.15) is 0 Å². The smallest absolute Gasteiger partial charge is 0.267 e. The van der Waals surface area contributed by atoms with Crippen molar-refractivity contribution in [2.75, 3.05) is 6.26 Å². The number of amides is 1. The lowest BCUT2D eigenvalue weighted by molar-refractivity contribution is 0.0996. The summed E-state index contributed by atoms with van der Waals surface area (Å²) in [7, 11) is -3.30. The maximum atomic E-state index is 11.5. The summed E-state index contributed by atoms with van der Waals surface area (Å²) >= 11 is 0. The number of pyridine rings is 1. The van der Waals surface area contributed by atoms with E-state index in [2.05, 4.69) is 4.98 Å². The van der Waals surface area contributed by atoms with Gasteiger partial charge in [0.15, 0.2) is 9.84 Å². The van der Waals surface area contributed by atoms with E-state index in [1.807, 2.05) is 0 Å². The van der Waals surface area contributed by atoms with Crippen molar-refractivity contribution in [2.45, 2.75) is 4.90 Å². The van der Waals surface area contributed by atoms with Gasteiger partial charge in [0.05, 0.1) is 4.90 Å². The van der Waals surface area contributed by atoms with Crippen molar-refractivity contribution >= 4 is 15.7 Å². The van der Waals surface area contributed by atoms with Gasteiger partial charge in [0.25, 0.3) is 5.91 Å². The average molecular weight is 276 g/mol. The first-order valence-corrected chi connectivity index (χ1v) is 7.34. The average Bonchev–Trinajstić information content (AvgIpc) is 2.38. The molecule has 0 spiro atoms. The second-order valence-electron chi connectivity index (χ2n) is 4.06. The van der Waals surface area contributed by atoms with E-state index in [1.165, 1.54) is 18.3 Å². The van der Waals surface area contributed by atoms with E-state index in [9.17, 15) is 13.2 Å². The highest BCUT2D eigenvalue weighted by Gasteiger charge is 2.13. The SMILES string of the molecule is CS(=O)(=O)c1cccc(-c2cccnc2C(N)=O)c1. The maximum Gasteiger partial charge on any atom is 0.267 e. The third kappa shape index (κ3) is 2.79. The molecule has 1 aromatic carbocycles. The van der Waals surface area contributed by atoms with Crippen molar-refractivity contribution in [3.05, 3.63) is 48.3 Å². The number of benzene rings is 1. The predicted molar refractivity (Wildman–Crippen MR) is 71.3 cm³/mol. The summed E-state index contributed by atoms with van der Waals surface area (Å²) in [6.07, 6.45) is 2.59. The number of aromatic nitrogens is 1. The molecule has 0 bridgehead atoms.